The lowest BCUT2D eigenvalue weighted by Crippen LogP contribution is -2.59. The molecule has 344 valence electrons. The summed E-state index contributed by atoms with van der Waals surface area (Å²) in [6.07, 6.45) is 0. The Hall–Kier alpha value is -6.58. The Morgan fingerprint density at radius 1 is 0.391 bits per heavy atom. The molecule has 8 aromatic carbocycles. The van der Waals surface area contributed by atoms with Crippen molar-refractivity contribution >= 4 is 40.2 Å². The minimum atomic E-state index is -0.246. The van der Waals surface area contributed by atoms with E-state index in [-0.39, 0.29) is 33.8 Å². The van der Waals surface area contributed by atoms with Crippen molar-refractivity contribution in [1.29, 1.82) is 0 Å². The van der Waals surface area contributed by atoms with E-state index in [1.54, 1.807) is 0 Å². The first kappa shape index (κ1) is 44.9. The van der Waals surface area contributed by atoms with Gasteiger partial charge in [-0.3, -0.25) is 0 Å². The molecule has 3 aliphatic rings. The molecule has 11 rings (SSSR count). The summed E-state index contributed by atoms with van der Waals surface area (Å²) in [7, 11) is 0. The number of benzene rings is 8. The third-order valence-electron chi connectivity index (χ3n) is 16.3. The van der Waals surface area contributed by atoms with Gasteiger partial charge in [0.15, 0.2) is 0 Å². The van der Waals surface area contributed by atoms with Crippen LogP contribution in [0.1, 0.15) is 118 Å². The second kappa shape index (κ2) is 15.5. The van der Waals surface area contributed by atoms with Crippen molar-refractivity contribution in [2.45, 2.75) is 117 Å². The zero-order valence-electron chi connectivity index (χ0n) is 43.0. The van der Waals surface area contributed by atoms with E-state index >= 15 is 0 Å². The van der Waals surface area contributed by atoms with E-state index in [2.05, 4.69) is 259 Å². The third-order valence-corrected chi connectivity index (χ3v) is 16.3. The summed E-state index contributed by atoms with van der Waals surface area (Å²) in [5, 5.41) is 0. The first-order chi connectivity index (χ1) is 32.6. The van der Waals surface area contributed by atoms with E-state index in [4.69, 9.17) is 4.74 Å². The molecule has 0 fully saturated rings. The largest absolute Gasteiger partial charge is 0.458 e. The average molecular weight is 900 g/mol. The van der Waals surface area contributed by atoms with E-state index in [9.17, 15) is 0 Å². The zero-order chi connectivity index (χ0) is 48.6. The first-order valence-electron chi connectivity index (χ1n) is 25.1. The zero-order valence-corrected chi connectivity index (χ0v) is 43.0. The topological polar surface area (TPSA) is 12.5 Å². The smallest absolute Gasteiger partial charge is 0.256 e. The minimum Gasteiger partial charge on any atom is -0.458 e. The van der Waals surface area contributed by atoms with E-state index in [1.807, 2.05) is 0 Å². The first-order valence-corrected chi connectivity index (χ1v) is 25.1. The molecule has 3 heteroatoms. The highest BCUT2D eigenvalue weighted by Crippen LogP contribution is 2.52. The van der Waals surface area contributed by atoms with Gasteiger partial charge < -0.3 is 9.64 Å². The molecule has 3 aliphatic heterocycles. The summed E-state index contributed by atoms with van der Waals surface area (Å²) in [4.78, 5) is 2.60. The SMILES string of the molecule is CC(C)(C)c1cc2cc(c1)C(C)(C)C(C)(C)c1cc(cc(C(C)(C)C)c1)-c1ccc3c(c1)B1c4cc-2ccc4Oc2cc(C(C)(C)C)cc(c21)N3c1c(-c2ccccc2)cccc1-c1ccccc1. The number of fused-ring (bicyclic) bond motifs is 8. The van der Waals surface area contributed by atoms with E-state index < -0.39 is 0 Å². The molecule has 0 saturated carbocycles. The lowest BCUT2D eigenvalue weighted by molar-refractivity contribution is 0.302. The van der Waals surface area contributed by atoms with Gasteiger partial charge in [-0.25, -0.2) is 0 Å². The summed E-state index contributed by atoms with van der Waals surface area (Å²) in [6.45, 7) is 30.8. The fourth-order valence-corrected chi connectivity index (χ4v) is 11.2. The number of ether oxygens (including phenoxy) is 1. The third kappa shape index (κ3) is 7.30. The van der Waals surface area contributed by atoms with Gasteiger partial charge in [0, 0.05) is 22.5 Å². The van der Waals surface area contributed by atoms with Crippen LogP contribution in [0, 0.1) is 0 Å². The predicted octanol–water partition coefficient (Wildman–Crippen LogP) is 16.2. The number of hydrogen-bond donors (Lipinski definition) is 0. The van der Waals surface area contributed by atoms with Crippen LogP contribution in [0.5, 0.6) is 11.5 Å². The monoisotopic (exact) mass is 900 g/mol. The maximum atomic E-state index is 7.31. The molecule has 3 heterocycles. The Morgan fingerprint density at radius 2 is 0.870 bits per heavy atom. The summed E-state index contributed by atoms with van der Waals surface area (Å²) >= 11 is 0. The van der Waals surface area contributed by atoms with Crippen LogP contribution in [0.15, 0.2) is 164 Å². The Kier molecular flexibility index (Phi) is 10.1. The Balaban J connectivity index is 1.30. The van der Waals surface area contributed by atoms with Gasteiger partial charge in [-0.2, -0.15) is 0 Å². The Bertz CT molecular complexity index is 3300. The molecule has 0 amide bonds. The van der Waals surface area contributed by atoms with Crippen molar-refractivity contribution in [3.63, 3.8) is 0 Å². The standard InChI is InChI=1S/C66H66BNO/c1-62(2,3)47-31-45-33-50(37-47)65(10,11)66(12,13)51-34-46(32-48(38-51)63(4,5)6)44-28-30-58-55(36-44)67-54-35-43(45)27-29-56(54)68(57-39-49(64(7,8)9)40-59(69-58)60(57)67)61-52(41-21-16-14-17-22-41)25-20-26-53(61)42-23-18-15-19-24-42/h14-40H,1-13H3. The molecule has 0 atom stereocenters. The number of nitrogens with zero attached hydrogens (tertiary/aromatic N) is 1. The minimum absolute atomic E-state index is 0.0569. The molecule has 0 aliphatic carbocycles. The molecular formula is C66H66BNO. The van der Waals surface area contributed by atoms with Crippen molar-refractivity contribution in [2.75, 3.05) is 4.90 Å². The molecule has 69 heavy (non-hydrogen) atoms. The quantitative estimate of drug-likeness (QED) is 0.164. The van der Waals surface area contributed by atoms with Crippen LogP contribution < -0.4 is 26.0 Å². The molecule has 0 spiro atoms. The van der Waals surface area contributed by atoms with Crippen LogP contribution in [0.4, 0.5) is 17.1 Å². The molecule has 8 bridgehead atoms. The lowest BCUT2D eigenvalue weighted by Gasteiger charge is -2.44. The molecule has 2 nitrogen and oxygen atoms in total. The van der Waals surface area contributed by atoms with Crippen LogP contribution >= 0.6 is 0 Å². The van der Waals surface area contributed by atoms with Gasteiger partial charge in [-0.1, -0.05) is 230 Å². The summed E-state index contributed by atoms with van der Waals surface area (Å²) in [5.41, 5.74) is 22.7. The number of anilines is 3. The molecular weight excluding hydrogens is 834 g/mol. The van der Waals surface area contributed by atoms with Crippen molar-refractivity contribution in [1.82, 2.24) is 0 Å². The van der Waals surface area contributed by atoms with Gasteiger partial charge in [0.05, 0.1) is 5.69 Å². The maximum absolute atomic E-state index is 7.31. The summed E-state index contributed by atoms with van der Waals surface area (Å²) in [5.74, 6) is 1.85. The van der Waals surface area contributed by atoms with Crippen LogP contribution in [0.25, 0.3) is 44.5 Å². The van der Waals surface area contributed by atoms with Crippen molar-refractivity contribution in [2.24, 2.45) is 0 Å². The highest BCUT2D eigenvalue weighted by molar-refractivity contribution is 6.99. The van der Waals surface area contributed by atoms with Crippen molar-refractivity contribution in [3.8, 4) is 56.0 Å². The normalized spacial score (nSPS) is 15.3. The van der Waals surface area contributed by atoms with Gasteiger partial charge >= 0.3 is 0 Å². The maximum Gasteiger partial charge on any atom is 0.256 e. The molecule has 0 aromatic heterocycles. The summed E-state index contributed by atoms with van der Waals surface area (Å²) < 4.78 is 7.31. The Labute approximate surface area is 412 Å². The van der Waals surface area contributed by atoms with Crippen LogP contribution in [0.3, 0.4) is 0 Å². The number of rotatable bonds is 3. The Morgan fingerprint density at radius 3 is 1.38 bits per heavy atom. The molecule has 0 N–H and O–H groups in total. The van der Waals surface area contributed by atoms with E-state index in [0.717, 1.165) is 22.9 Å². The molecule has 0 unspecified atom stereocenters. The fraction of sp³-hybridized carbons (Fsp3) is 0.273. The van der Waals surface area contributed by atoms with Crippen LogP contribution in [-0.2, 0) is 27.1 Å². The van der Waals surface area contributed by atoms with Gasteiger partial charge in [-0.05, 0) is 129 Å². The average Bonchev–Trinajstić information content (AvgIpc) is 3.32. The highest BCUT2D eigenvalue weighted by atomic mass is 16.5. The van der Waals surface area contributed by atoms with Gasteiger partial charge in [0.25, 0.3) is 6.71 Å². The number of para-hydroxylation sites is 1. The fourth-order valence-electron chi connectivity index (χ4n) is 11.2. The molecule has 0 saturated heterocycles. The second-order valence-corrected chi connectivity index (χ2v) is 24.3. The van der Waals surface area contributed by atoms with Crippen molar-refractivity contribution < 1.29 is 4.74 Å². The van der Waals surface area contributed by atoms with Gasteiger partial charge in [-0.15, -0.1) is 0 Å². The van der Waals surface area contributed by atoms with Gasteiger partial charge in [0.1, 0.15) is 11.5 Å². The lowest BCUT2D eigenvalue weighted by atomic mass is 9.34. The molecule has 8 aromatic rings. The van der Waals surface area contributed by atoms with Crippen LogP contribution in [0.2, 0.25) is 0 Å². The van der Waals surface area contributed by atoms with Gasteiger partial charge in [0.2, 0.25) is 0 Å². The van der Waals surface area contributed by atoms with E-state index in [1.165, 1.54) is 94.4 Å². The second-order valence-electron chi connectivity index (χ2n) is 24.3. The van der Waals surface area contributed by atoms with E-state index in [0.29, 0.717) is 0 Å². The summed E-state index contributed by atoms with van der Waals surface area (Å²) in [6, 6.07) is 62.8. The number of hydrogen-bond acceptors (Lipinski definition) is 2. The predicted molar refractivity (Wildman–Crippen MR) is 296 cm³/mol. The molecule has 0 radical (unpaired) electrons. The highest BCUT2D eigenvalue weighted by Gasteiger charge is 2.45. The van der Waals surface area contributed by atoms with Crippen LogP contribution in [-0.4, -0.2) is 6.71 Å². The van der Waals surface area contributed by atoms with Crippen molar-refractivity contribution in [3.05, 3.63) is 192 Å².